The number of carbonyl (C=O) groups is 1. The predicted molar refractivity (Wildman–Crippen MR) is 158 cm³/mol. The number of fused-ring (bicyclic) bond motifs is 1. The number of nitrogens with zero attached hydrogens (tertiary/aromatic N) is 4. The van der Waals surface area contributed by atoms with Crippen molar-refractivity contribution < 1.29 is 17.9 Å². The lowest BCUT2D eigenvalue weighted by Crippen LogP contribution is -2.43. The molecule has 2 aromatic carbocycles. The van der Waals surface area contributed by atoms with Crippen molar-refractivity contribution in [3.05, 3.63) is 48.0 Å². The number of ether oxygens (including phenoxy) is 1. The van der Waals surface area contributed by atoms with Gasteiger partial charge < -0.3 is 4.74 Å². The number of morpholine rings is 1. The second-order valence-corrected chi connectivity index (χ2v) is 14.4. The molecule has 2 atom stereocenters. The van der Waals surface area contributed by atoms with Crippen LogP contribution in [0.5, 0.6) is 0 Å². The van der Waals surface area contributed by atoms with Crippen LogP contribution in [-0.4, -0.2) is 87.3 Å². The third-order valence-electron chi connectivity index (χ3n) is 7.38. The van der Waals surface area contributed by atoms with Crippen LogP contribution in [0.25, 0.3) is 10.2 Å². The minimum atomic E-state index is -3.61. The minimum Gasteiger partial charge on any atom is -0.379 e. The lowest BCUT2D eigenvalue weighted by atomic mass is 9.94. The number of carbonyl (C=O) groups excluding carboxylic acids is 1. The molecule has 1 amide bonds. The fourth-order valence-electron chi connectivity index (χ4n) is 5.36. The number of thiazole rings is 1. The van der Waals surface area contributed by atoms with Crippen molar-refractivity contribution in [1.82, 2.24) is 14.2 Å². The van der Waals surface area contributed by atoms with E-state index in [0.717, 1.165) is 34.6 Å². The number of piperidine rings is 1. The first kappa shape index (κ1) is 28.5. The van der Waals surface area contributed by atoms with E-state index < -0.39 is 10.0 Å². The Labute approximate surface area is 239 Å². The van der Waals surface area contributed by atoms with Gasteiger partial charge in [-0.2, -0.15) is 4.31 Å². The Morgan fingerprint density at radius 2 is 1.79 bits per heavy atom. The van der Waals surface area contributed by atoms with Crippen molar-refractivity contribution >= 4 is 54.4 Å². The maximum atomic E-state index is 13.9. The number of anilines is 1. The van der Waals surface area contributed by atoms with Gasteiger partial charge in [0.25, 0.3) is 5.91 Å². The van der Waals surface area contributed by atoms with E-state index in [1.165, 1.54) is 11.3 Å². The monoisotopic (exact) mass is 588 g/mol. The maximum absolute atomic E-state index is 13.9. The summed E-state index contributed by atoms with van der Waals surface area (Å²) >= 11 is 3.18. The smallest absolute Gasteiger partial charge is 0.260 e. The van der Waals surface area contributed by atoms with E-state index in [4.69, 9.17) is 9.72 Å². The topological polar surface area (TPSA) is 83.0 Å². The zero-order valence-corrected chi connectivity index (χ0v) is 25.2. The number of hydrogen-bond donors (Lipinski definition) is 0. The lowest BCUT2D eigenvalue weighted by Gasteiger charge is -2.34. The van der Waals surface area contributed by atoms with Crippen LogP contribution < -0.4 is 4.90 Å². The standard InChI is InChI=1S/C28H36N4O4S3/c1-20-16-21(2)19-31(18-20)39(34,35)24-7-4-22(5-8-24)27(33)32(11-10-30-12-14-36-15-13-30)28-29-25-9-6-23(37-3)17-26(25)38-28/h4-9,17,20-21H,10-16,18-19H2,1-3H3. The quantitative estimate of drug-likeness (QED) is 0.354. The largest absolute Gasteiger partial charge is 0.379 e. The summed E-state index contributed by atoms with van der Waals surface area (Å²) in [6.45, 7) is 9.48. The number of amides is 1. The molecule has 3 aromatic rings. The highest BCUT2D eigenvalue weighted by molar-refractivity contribution is 7.98. The highest BCUT2D eigenvalue weighted by Gasteiger charge is 2.32. The summed E-state index contributed by atoms with van der Waals surface area (Å²) in [6, 6.07) is 12.5. The van der Waals surface area contributed by atoms with Crippen molar-refractivity contribution in [2.45, 2.75) is 30.1 Å². The molecule has 0 spiro atoms. The van der Waals surface area contributed by atoms with Crippen molar-refractivity contribution in [3.8, 4) is 0 Å². The first-order valence-corrected chi connectivity index (χ1v) is 16.9. The molecule has 1 aromatic heterocycles. The highest BCUT2D eigenvalue weighted by atomic mass is 32.2. The molecule has 210 valence electrons. The molecule has 2 aliphatic heterocycles. The van der Waals surface area contributed by atoms with Crippen molar-refractivity contribution in [1.29, 1.82) is 0 Å². The van der Waals surface area contributed by atoms with Gasteiger partial charge in [-0.1, -0.05) is 25.2 Å². The zero-order chi connectivity index (χ0) is 27.6. The molecule has 0 aliphatic carbocycles. The molecule has 8 nitrogen and oxygen atoms in total. The Kier molecular flexibility index (Phi) is 8.94. The van der Waals surface area contributed by atoms with Gasteiger partial charge in [0, 0.05) is 49.7 Å². The van der Waals surface area contributed by atoms with Gasteiger partial charge >= 0.3 is 0 Å². The molecular formula is C28H36N4O4S3. The Morgan fingerprint density at radius 1 is 1.10 bits per heavy atom. The fraction of sp³-hybridized carbons (Fsp3) is 0.500. The van der Waals surface area contributed by atoms with Crippen molar-refractivity contribution in [2.75, 3.05) is 63.6 Å². The first-order chi connectivity index (χ1) is 18.7. The molecule has 11 heteroatoms. The van der Waals surface area contributed by atoms with E-state index in [0.29, 0.717) is 61.9 Å². The lowest BCUT2D eigenvalue weighted by molar-refractivity contribution is 0.0391. The van der Waals surface area contributed by atoms with Gasteiger partial charge in [0.05, 0.1) is 28.3 Å². The van der Waals surface area contributed by atoms with Crippen LogP contribution >= 0.6 is 23.1 Å². The summed E-state index contributed by atoms with van der Waals surface area (Å²) in [6.07, 6.45) is 3.07. The zero-order valence-electron chi connectivity index (χ0n) is 22.7. The van der Waals surface area contributed by atoms with Crippen LogP contribution in [0.1, 0.15) is 30.6 Å². The molecule has 0 N–H and O–H groups in total. The average Bonchev–Trinajstić information content (AvgIpc) is 3.36. The van der Waals surface area contributed by atoms with Gasteiger partial charge in [-0.15, -0.1) is 11.8 Å². The van der Waals surface area contributed by atoms with Gasteiger partial charge in [-0.3, -0.25) is 14.6 Å². The minimum absolute atomic E-state index is 0.184. The second kappa shape index (κ2) is 12.2. The van der Waals surface area contributed by atoms with E-state index in [9.17, 15) is 13.2 Å². The SMILES string of the molecule is CSc1ccc2nc(N(CCN3CCOCC3)C(=O)c3ccc(S(=O)(=O)N4CC(C)CC(C)C4)cc3)sc2c1. The van der Waals surface area contributed by atoms with Crippen LogP contribution in [-0.2, 0) is 14.8 Å². The van der Waals surface area contributed by atoms with Crippen LogP contribution in [0, 0.1) is 11.8 Å². The Bertz CT molecular complexity index is 1390. The molecule has 3 heterocycles. The normalized spacial score (nSPS) is 21.3. The number of aromatic nitrogens is 1. The molecule has 0 bridgehead atoms. The summed E-state index contributed by atoms with van der Waals surface area (Å²) in [7, 11) is -3.61. The number of rotatable bonds is 8. The Balaban J connectivity index is 1.40. The van der Waals surface area contributed by atoms with Crippen molar-refractivity contribution in [3.63, 3.8) is 0 Å². The Hall–Kier alpha value is -2.02. The molecule has 0 radical (unpaired) electrons. The average molecular weight is 589 g/mol. The molecule has 39 heavy (non-hydrogen) atoms. The number of benzene rings is 2. The molecule has 2 saturated heterocycles. The van der Waals surface area contributed by atoms with Crippen molar-refractivity contribution in [2.24, 2.45) is 11.8 Å². The summed E-state index contributed by atoms with van der Waals surface area (Å²) in [4.78, 5) is 24.1. The fourth-order valence-corrected chi connectivity index (χ4v) is 8.59. The van der Waals surface area contributed by atoms with E-state index in [2.05, 4.69) is 24.8 Å². The third-order valence-corrected chi connectivity index (χ3v) is 11.0. The van der Waals surface area contributed by atoms with E-state index >= 15 is 0 Å². The first-order valence-electron chi connectivity index (χ1n) is 13.4. The molecular weight excluding hydrogens is 553 g/mol. The van der Waals surface area contributed by atoms with E-state index in [-0.39, 0.29) is 10.8 Å². The second-order valence-electron chi connectivity index (χ2n) is 10.5. The molecule has 2 fully saturated rings. The molecule has 2 unspecified atom stereocenters. The van der Waals surface area contributed by atoms with Gasteiger partial charge in [0.1, 0.15) is 0 Å². The third kappa shape index (κ3) is 6.49. The van der Waals surface area contributed by atoms with Crippen LogP contribution in [0.15, 0.2) is 52.3 Å². The predicted octanol–water partition coefficient (Wildman–Crippen LogP) is 4.66. The van der Waals surface area contributed by atoms with Crippen LogP contribution in [0.3, 0.4) is 0 Å². The summed E-state index contributed by atoms with van der Waals surface area (Å²) in [5, 5.41) is 0.648. The van der Waals surface area contributed by atoms with Gasteiger partial charge in [0.2, 0.25) is 10.0 Å². The highest BCUT2D eigenvalue weighted by Crippen LogP contribution is 2.33. The number of hydrogen-bond acceptors (Lipinski definition) is 8. The van der Waals surface area contributed by atoms with E-state index in [1.54, 1.807) is 45.2 Å². The van der Waals surface area contributed by atoms with Gasteiger partial charge in [0.15, 0.2) is 5.13 Å². The van der Waals surface area contributed by atoms with Crippen LogP contribution in [0.2, 0.25) is 0 Å². The van der Waals surface area contributed by atoms with Gasteiger partial charge in [-0.25, -0.2) is 13.4 Å². The van der Waals surface area contributed by atoms with Crippen LogP contribution in [0.4, 0.5) is 5.13 Å². The summed E-state index contributed by atoms with van der Waals surface area (Å²) in [5.41, 5.74) is 1.31. The molecule has 2 aliphatic rings. The summed E-state index contributed by atoms with van der Waals surface area (Å²) in [5.74, 6) is 0.465. The maximum Gasteiger partial charge on any atom is 0.260 e. The number of sulfonamides is 1. The molecule has 5 rings (SSSR count). The number of thioether (sulfide) groups is 1. The molecule has 0 saturated carbocycles. The van der Waals surface area contributed by atoms with Gasteiger partial charge in [-0.05, 0) is 67.0 Å². The Morgan fingerprint density at radius 3 is 2.46 bits per heavy atom. The van der Waals surface area contributed by atoms with E-state index in [1.807, 2.05) is 18.4 Å². The summed E-state index contributed by atoms with van der Waals surface area (Å²) < 4.78 is 34.8.